The summed E-state index contributed by atoms with van der Waals surface area (Å²) < 4.78 is 15.0. The zero-order chi connectivity index (χ0) is 15.5. The number of aromatic nitrogens is 2. The fourth-order valence-electron chi connectivity index (χ4n) is 2.72. The fourth-order valence-corrected chi connectivity index (χ4v) is 2.72. The zero-order valence-electron chi connectivity index (χ0n) is 12.5. The first kappa shape index (κ1) is 14.7. The SMILES string of the molecule is Cc1cc(NC(=O)C2CCNCC2)nn1-c1cccc(F)c1. The summed E-state index contributed by atoms with van der Waals surface area (Å²) in [6.07, 6.45) is 1.69. The number of piperidine rings is 1. The number of carbonyl (C=O) groups is 1. The van der Waals surface area contributed by atoms with Crippen molar-refractivity contribution >= 4 is 11.7 Å². The Hall–Kier alpha value is -2.21. The van der Waals surface area contributed by atoms with Gasteiger partial charge in [-0.1, -0.05) is 6.07 Å². The first-order valence-electron chi connectivity index (χ1n) is 7.47. The second-order valence-corrected chi connectivity index (χ2v) is 5.58. The van der Waals surface area contributed by atoms with Gasteiger partial charge in [0.2, 0.25) is 5.91 Å². The van der Waals surface area contributed by atoms with Gasteiger partial charge in [0.05, 0.1) is 5.69 Å². The van der Waals surface area contributed by atoms with Crippen molar-refractivity contribution in [2.24, 2.45) is 5.92 Å². The van der Waals surface area contributed by atoms with E-state index < -0.39 is 0 Å². The van der Waals surface area contributed by atoms with E-state index in [2.05, 4.69) is 15.7 Å². The van der Waals surface area contributed by atoms with Crippen LogP contribution in [0, 0.1) is 18.7 Å². The number of hydrogen-bond acceptors (Lipinski definition) is 3. The number of aryl methyl sites for hydroxylation is 1. The minimum atomic E-state index is -0.312. The van der Waals surface area contributed by atoms with Crippen molar-refractivity contribution in [3.8, 4) is 5.69 Å². The van der Waals surface area contributed by atoms with Gasteiger partial charge in [-0.15, -0.1) is 5.10 Å². The summed E-state index contributed by atoms with van der Waals surface area (Å²) in [4.78, 5) is 12.2. The summed E-state index contributed by atoms with van der Waals surface area (Å²) in [6, 6.07) is 8.02. The molecule has 0 bridgehead atoms. The summed E-state index contributed by atoms with van der Waals surface area (Å²) in [5.41, 5.74) is 1.48. The van der Waals surface area contributed by atoms with Crippen LogP contribution in [0.4, 0.5) is 10.2 Å². The van der Waals surface area contributed by atoms with E-state index in [0.717, 1.165) is 31.6 Å². The van der Waals surface area contributed by atoms with Gasteiger partial charge < -0.3 is 10.6 Å². The number of nitrogens with zero attached hydrogens (tertiary/aromatic N) is 2. The number of nitrogens with one attached hydrogen (secondary N) is 2. The lowest BCUT2D eigenvalue weighted by Gasteiger charge is -2.21. The third-order valence-corrected chi connectivity index (χ3v) is 3.90. The minimum Gasteiger partial charge on any atom is -0.317 e. The molecule has 6 heteroatoms. The van der Waals surface area contributed by atoms with E-state index in [1.54, 1.807) is 22.9 Å². The first-order valence-corrected chi connectivity index (χ1v) is 7.47. The lowest BCUT2D eigenvalue weighted by atomic mass is 9.97. The van der Waals surface area contributed by atoms with Gasteiger partial charge in [0.1, 0.15) is 5.82 Å². The Morgan fingerprint density at radius 3 is 2.86 bits per heavy atom. The van der Waals surface area contributed by atoms with E-state index in [0.29, 0.717) is 11.5 Å². The lowest BCUT2D eigenvalue weighted by Crippen LogP contribution is -2.34. The maximum absolute atomic E-state index is 13.3. The summed E-state index contributed by atoms with van der Waals surface area (Å²) in [6.45, 7) is 3.61. The quantitative estimate of drug-likeness (QED) is 0.914. The Kier molecular flexibility index (Phi) is 4.20. The smallest absolute Gasteiger partial charge is 0.228 e. The van der Waals surface area contributed by atoms with E-state index in [1.165, 1.54) is 12.1 Å². The van der Waals surface area contributed by atoms with Crippen molar-refractivity contribution in [2.45, 2.75) is 19.8 Å². The number of hydrogen-bond donors (Lipinski definition) is 2. The molecule has 2 aromatic rings. The molecule has 0 aliphatic carbocycles. The number of amides is 1. The van der Waals surface area contributed by atoms with E-state index in [9.17, 15) is 9.18 Å². The second kappa shape index (κ2) is 6.27. The topological polar surface area (TPSA) is 59.0 Å². The van der Waals surface area contributed by atoms with Gasteiger partial charge in [0.25, 0.3) is 0 Å². The summed E-state index contributed by atoms with van der Waals surface area (Å²) in [7, 11) is 0. The van der Waals surface area contributed by atoms with E-state index >= 15 is 0 Å². The largest absolute Gasteiger partial charge is 0.317 e. The molecule has 5 nitrogen and oxygen atoms in total. The van der Waals surface area contributed by atoms with Gasteiger partial charge in [-0.3, -0.25) is 4.79 Å². The van der Waals surface area contributed by atoms with Crippen LogP contribution in [0.3, 0.4) is 0 Å². The molecule has 3 rings (SSSR count). The maximum atomic E-state index is 13.3. The van der Waals surface area contributed by atoms with Crippen LogP contribution in [0.5, 0.6) is 0 Å². The Labute approximate surface area is 128 Å². The third-order valence-electron chi connectivity index (χ3n) is 3.90. The molecule has 1 aromatic heterocycles. The number of anilines is 1. The van der Waals surface area contributed by atoms with Crippen LogP contribution < -0.4 is 10.6 Å². The normalized spacial score (nSPS) is 15.7. The molecule has 1 aliphatic heterocycles. The molecule has 1 fully saturated rings. The molecule has 1 amide bonds. The second-order valence-electron chi connectivity index (χ2n) is 5.58. The van der Waals surface area contributed by atoms with Crippen molar-refractivity contribution in [2.75, 3.05) is 18.4 Å². The number of carbonyl (C=O) groups excluding carboxylic acids is 1. The van der Waals surface area contributed by atoms with E-state index in [1.807, 2.05) is 6.92 Å². The molecule has 1 saturated heterocycles. The van der Waals surface area contributed by atoms with Crippen LogP contribution in [-0.2, 0) is 4.79 Å². The molecule has 0 saturated carbocycles. The summed E-state index contributed by atoms with van der Waals surface area (Å²) in [5, 5.41) is 10.5. The molecule has 0 unspecified atom stereocenters. The highest BCUT2D eigenvalue weighted by atomic mass is 19.1. The Morgan fingerprint density at radius 1 is 1.36 bits per heavy atom. The van der Waals surface area contributed by atoms with Gasteiger partial charge in [0, 0.05) is 17.7 Å². The molecule has 2 heterocycles. The molecule has 1 aromatic carbocycles. The van der Waals surface area contributed by atoms with Crippen molar-refractivity contribution in [1.29, 1.82) is 0 Å². The van der Waals surface area contributed by atoms with E-state index in [4.69, 9.17) is 0 Å². The molecule has 0 spiro atoms. The van der Waals surface area contributed by atoms with Crippen LogP contribution in [0.25, 0.3) is 5.69 Å². The zero-order valence-corrected chi connectivity index (χ0v) is 12.5. The Bertz CT molecular complexity index is 677. The van der Waals surface area contributed by atoms with Crippen molar-refractivity contribution in [1.82, 2.24) is 15.1 Å². The molecule has 22 heavy (non-hydrogen) atoms. The molecule has 116 valence electrons. The number of halogens is 1. The third kappa shape index (κ3) is 3.17. The van der Waals surface area contributed by atoms with Crippen LogP contribution >= 0.6 is 0 Å². The summed E-state index contributed by atoms with van der Waals surface area (Å²) in [5.74, 6) is 0.226. The molecule has 2 N–H and O–H groups in total. The molecule has 0 atom stereocenters. The Balaban J connectivity index is 1.76. The highest BCUT2D eigenvalue weighted by Crippen LogP contribution is 2.18. The number of benzene rings is 1. The van der Waals surface area contributed by atoms with E-state index in [-0.39, 0.29) is 17.6 Å². The Morgan fingerprint density at radius 2 is 2.14 bits per heavy atom. The predicted octanol–water partition coefficient (Wildman–Crippen LogP) is 2.26. The van der Waals surface area contributed by atoms with Crippen LogP contribution in [0.2, 0.25) is 0 Å². The van der Waals surface area contributed by atoms with Crippen LogP contribution in [0.15, 0.2) is 30.3 Å². The monoisotopic (exact) mass is 302 g/mol. The van der Waals surface area contributed by atoms with Gasteiger partial charge >= 0.3 is 0 Å². The number of rotatable bonds is 3. The average Bonchev–Trinajstić information content (AvgIpc) is 2.88. The average molecular weight is 302 g/mol. The van der Waals surface area contributed by atoms with Crippen molar-refractivity contribution in [3.63, 3.8) is 0 Å². The molecule has 0 radical (unpaired) electrons. The highest BCUT2D eigenvalue weighted by Gasteiger charge is 2.21. The molecular formula is C16H19FN4O. The maximum Gasteiger partial charge on any atom is 0.228 e. The lowest BCUT2D eigenvalue weighted by molar-refractivity contribution is -0.120. The minimum absolute atomic E-state index is 0.00499. The molecule has 1 aliphatic rings. The van der Waals surface area contributed by atoms with Gasteiger partial charge in [0.15, 0.2) is 5.82 Å². The van der Waals surface area contributed by atoms with Crippen molar-refractivity contribution < 1.29 is 9.18 Å². The first-order chi connectivity index (χ1) is 10.6. The molecular weight excluding hydrogens is 283 g/mol. The van der Waals surface area contributed by atoms with Crippen LogP contribution in [-0.4, -0.2) is 28.8 Å². The standard InChI is InChI=1S/C16H19FN4O/c1-11-9-15(19-16(22)12-5-7-18-8-6-12)20-21(11)14-4-2-3-13(17)10-14/h2-4,9-10,12,18H,5-8H2,1H3,(H,19,20,22). The van der Waals surface area contributed by atoms with Gasteiger partial charge in [-0.25, -0.2) is 9.07 Å². The highest BCUT2D eigenvalue weighted by molar-refractivity contribution is 5.91. The van der Waals surface area contributed by atoms with Crippen LogP contribution in [0.1, 0.15) is 18.5 Å². The van der Waals surface area contributed by atoms with Crippen molar-refractivity contribution in [3.05, 3.63) is 41.8 Å². The summed E-state index contributed by atoms with van der Waals surface area (Å²) >= 11 is 0. The van der Waals surface area contributed by atoms with Gasteiger partial charge in [-0.2, -0.15) is 0 Å². The fraction of sp³-hybridized carbons (Fsp3) is 0.375. The predicted molar refractivity (Wildman–Crippen MR) is 82.5 cm³/mol. The van der Waals surface area contributed by atoms with Gasteiger partial charge in [-0.05, 0) is 51.1 Å².